The van der Waals surface area contributed by atoms with Crippen LogP contribution in [0.1, 0.15) is 5.76 Å². The molecule has 0 spiro atoms. The van der Waals surface area contributed by atoms with E-state index in [1.165, 1.54) is 11.5 Å². The molecule has 2 heterocycles. The number of nitrogens with one attached hydrogen (secondary N) is 1. The summed E-state index contributed by atoms with van der Waals surface area (Å²) in [5.41, 5.74) is 0. The Hall–Kier alpha value is -0.880. The minimum Gasteiger partial charge on any atom is -0.452 e. The molecule has 68 valence electrons. The number of rotatable bonds is 3. The summed E-state index contributed by atoms with van der Waals surface area (Å²) in [6.45, 7) is 0.648. The molecule has 4 nitrogen and oxygen atoms in total. The highest BCUT2D eigenvalue weighted by Gasteiger charge is 1.99. The molecular weight excluding hydrogens is 254 g/mol. The zero-order valence-corrected chi connectivity index (χ0v) is 8.93. The molecule has 1 N–H and O–H groups in total. The number of hydrogen-bond acceptors (Lipinski definition) is 5. The highest BCUT2D eigenvalue weighted by Crippen LogP contribution is 2.16. The van der Waals surface area contributed by atoms with Gasteiger partial charge in [0.2, 0.25) is 0 Å². The monoisotopic (exact) mass is 259 g/mol. The first-order valence-electron chi connectivity index (χ1n) is 3.60. The molecule has 2 rings (SSSR count). The van der Waals surface area contributed by atoms with E-state index < -0.39 is 0 Å². The van der Waals surface area contributed by atoms with Gasteiger partial charge in [0.25, 0.3) is 0 Å². The quantitative estimate of drug-likeness (QED) is 0.921. The first-order chi connectivity index (χ1) is 6.34. The molecule has 6 heteroatoms. The van der Waals surface area contributed by atoms with Crippen molar-refractivity contribution in [1.29, 1.82) is 0 Å². The number of aromatic nitrogens is 2. The van der Waals surface area contributed by atoms with Crippen LogP contribution >= 0.6 is 27.5 Å². The Morgan fingerprint density at radius 3 is 3.08 bits per heavy atom. The van der Waals surface area contributed by atoms with Crippen molar-refractivity contribution in [1.82, 2.24) is 9.59 Å². The van der Waals surface area contributed by atoms with Gasteiger partial charge in [0.1, 0.15) is 10.8 Å². The van der Waals surface area contributed by atoms with Gasteiger partial charge in [0, 0.05) is 11.5 Å². The summed E-state index contributed by atoms with van der Waals surface area (Å²) in [6.07, 6.45) is 1.68. The zero-order valence-electron chi connectivity index (χ0n) is 6.53. The molecule has 0 aliphatic carbocycles. The van der Waals surface area contributed by atoms with Gasteiger partial charge in [-0.3, -0.25) is 0 Å². The minimum atomic E-state index is 0.648. The largest absolute Gasteiger partial charge is 0.452 e. The smallest absolute Gasteiger partial charge is 0.169 e. The van der Waals surface area contributed by atoms with Gasteiger partial charge < -0.3 is 9.73 Å². The van der Waals surface area contributed by atoms with E-state index >= 15 is 0 Å². The summed E-state index contributed by atoms with van der Waals surface area (Å²) >= 11 is 4.56. The average Bonchev–Trinajstić information content (AvgIpc) is 2.71. The number of anilines is 1. The van der Waals surface area contributed by atoms with Crippen LogP contribution in [0, 0.1) is 0 Å². The van der Waals surface area contributed by atoms with Gasteiger partial charge >= 0.3 is 0 Å². The van der Waals surface area contributed by atoms with E-state index in [4.69, 9.17) is 4.42 Å². The number of nitrogens with zero attached hydrogens (tertiary/aromatic N) is 2. The van der Waals surface area contributed by atoms with Crippen LogP contribution in [0.4, 0.5) is 5.00 Å². The van der Waals surface area contributed by atoms with Crippen molar-refractivity contribution in [2.45, 2.75) is 6.54 Å². The Kier molecular flexibility index (Phi) is 2.60. The van der Waals surface area contributed by atoms with E-state index in [-0.39, 0.29) is 0 Å². The standard InChI is InChI=1S/C7H6BrN3OS/c8-6-2-1-5(12-6)3-9-7-4-10-11-13-7/h1-2,4,9H,3H2. The molecule has 0 aliphatic rings. The van der Waals surface area contributed by atoms with Crippen molar-refractivity contribution >= 4 is 32.5 Å². The van der Waals surface area contributed by atoms with E-state index in [9.17, 15) is 0 Å². The normalized spacial score (nSPS) is 10.2. The van der Waals surface area contributed by atoms with Crippen LogP contribution in [-0.4, -0.2) is 9.59 Å². The predicted molar refractivity (Wildman–Crippen MR) is 53.6 cm³/mol. The van der Waals surface area contributed by atoms with Crippen molar-refractivity contribution in [2.75, 3.05) is 5.32 Å². The summed E-state index contributed by atoms with van der Waals surface area (Å²) in [6, 6.07) is 3.77. The maximum Gasteiger partial charge on any atom is 0.169 e. The summed E-state index contributed by atoms with van der Waals surface area (Å²) < 4.78 is 9.77. The topological polar surface area (TPSA) is 51.0 Å². The second-order valence-electron chi connectivity index (χ2n) is 2.34. The SMILES string of the molecule is Brc1ccc(CNc2cnns2)o1. The van der Waals surface area contributed by atoms with E-state index in [1.807, 2.05) is 12.1 Å². The molecule has 0 aromatic carbocycles. The lowest BCUT2D eigenvalue weighted by atomic mass is 10.4. The number of hydrogen-bond donors (Lipinski definition) is 1. The molecule has 2 aromatic heterocycles. The fraction of sp³-hybridized carbons (Fsp3) is 0.143. The van der Waals surface area contributed by atoms with Crippen molar-refractivity contribution in [3.8, 4) is 0 Å². The van der Waals surface area contributed by atoms with Gasteiger partial charge in [0.15, 0.2) is 4.67 Å². The molecule has 0 fully saturated rings. The van der Waals surface area contributed by atoms with E-state index in [0.717, 1.165) is 15.4 Å². The van der Waals surface area contributed by atoms with Gasteiger partial charge in [-0.1, -0.05) is 4.49 Å². The molecule has 0 atom stereocenters. The maximum atomic E-state index is 5.30. The summed E-state index contributed by atoms with van der Waals surface area (Å²) in [7, 11) is 0. The fourth-order valence-electron chi connectivity index (χ4n) is 0.866. The lowest BCUT2D eigenvalue weighted by molar-refractivity contribution is 0.496. The van der Waals surface area contributed by atoms with Gasteiger partial charge in [-0.15, -0.1) is 5.10 Å². The van der Waals surface area contributed by atoms with Crippen LogP contribution in [-0.2, 0) is 6.54 Å². The number of furan rings is 1. The number of halogens is 1. The molecule has 0 radical (unpaired) electrons. The maximum absolute atomic E-state index is 5.30. The fourth-order valence-corrected chi connectivity index (χ4v) is 1.62. The lowest BCUT2D eigenvalue weighted by Crippen LogP contribution is -1.95. The zero-order chi connectivity index (χ0) is 9.10. The Morgan fingerprint density at radius 1 is 1.54 bits per heavy atom. The third-order valence-electron chi connectivity index (χ3n) is 1.43. The molecule has 13 heavy (non-hydrogen) atoms. The second kappa shape index (κ2) is 3.89. The van der Waals surface area contributed by atoms with Crippen molar-refractivity contribution in [3.05, 3.63) is 28.8 Å². The van der Waals surface area contributed by atoms with Crippen molar-refractivity contribution < 1.29 is 4.42 Å². The van der Waals surface area contributed by atoms with E-state index in [0.29, 0.717) is 6.54 Å². The Bertz CT molecular complexity index is 373. The lowest BCUT2D eigenvalue weighted by Gasteiger charge is -1.97. The second-order valence-corrected chi connectivity index (χ2v) is 3.91. The van der Waals surface area contributed by atoms with Crippen LogP contribution < -0.4 is 5.32 Å². The third-order valence-corrected chi connectivity index (χ3v) is 2.48. The Balaban J connectivity index is 1.93. The molecular formula is C7H6BrN3OS. The molecule has 2 aromatic rings. The van der Waals surface area contributed by atoms with Crippen LogP contribution in [0.15, 0.2) is 27.4 Å². The molecule has 0 saturated heterocycles. The van der Waals surface area contributed by atoms with Gasteiger partial charge in [-0.2, -0.15) is 0 Å². The van der Waals surface area contributed by atoms with E-state index in [1.54, 1.807) is 6.20 Å². The summed E-state index contributed by atoms with van der Waals surface area (Å²) in [5, 5.41) is 7.78. The Morgan fingerprint density at radius 2 is 2.46 bits per heavy atom. The average molecular weight is 260 g/mol. The summed E-state index contributed by atoms with van der Waals surface area (Å²) in [5.74, 6) is 0.875. The first-order valence-corrected chi connectivity index (χ1v) is 5.16. The van der Waals surface area contributed by atoms with Crippen LogP contribution in [0.25, 0.3) is 0 Å². The van der Waals surface area contributed by atoms with Gasteiger partial charge in [-0.05, 0) is 28.1 Å². The first kappa shape index (κ1) is 8.71. The van der Waals surface area contributed by atoms with Gasteiger partial charge in [-0.25, -0.2) is 0 Å². The highest BCUT2D eigenvalue weighted by molar-refractivity contribution is 9.10. The van der Waals surface area contributed by atoms with Crippen molar-refractivity contribution in [2.24, 2.45) is 0 Å². The molecule has 0 amide bonds. The van der Waals surface area contributed by atoms with Crippen LogP contribution in [0.3, 0.4) is 0 Å². The molecule has 0 aliphatic heterocycles. The van der Waals surface area contributed by atoms with Crippen LogP contribution in [0.2, 0.25) is 0 Å². The minimum absolute atomic E-state index is 0.648. The van der Waals surface area contributed by atoms with Gasteiger partial charge in [0.05, 0.1) is 12.7 Å². The predicted octanol–water partition coefficient (Wildman–Crippen LogP) is 2.51. The Labute approximate surface area is 87.3 Å². The molecule has 0 bridgehead atoms. The third kappa shape index (κ3) is 2.28. The molecule has 0 saturated carbocycles. The van der Waals surface area contributed by atoms with Crippen LogP contribution in [0.5, 0.6) is 0 Å². The summed E-state index contributed by atoms with van der Waals surface area (Å²) in [4.78, 5) is 0. The van der Waals surface area contributed by atoms with E-state index in [2.05, 4.69) is 30.8 Å². The highest BCUT2D eigenvalue weighted by atomic mass is 79.9. The van der Waals surface area contributed by atoms with Crippen molar-refractivity contribution in [3.63, 3.8) is 0 Å². The molecule has 0 unspecified atom stereocenters.